The molecule has 1 saturated heterocycles. The van der Waals surface area contributed by atoms with Gasteiger partial charge in [0.05, 0.1) is 6.54 Å². The number of nitrogens with zero attached hydrogens (tertiary/aromatic N) is 2. The van der Waals surface area contributed by atoms with Gasteiger partial charge in [0.1, 0.15) is 5.82 Å². The minimum Gasteiger partial charge on any atom is -0.320 e. The fourth-order valence-corrected chi connectivity index (χ4v) is 2.57. The number of rotatable bonds is 3. The van der Waals surface area contributed by atoms with Gasteiger partial charge < -0.3 is 10.6 Å². The second-order valence-electron chi connectivity index (χ2n) is 5.45. The van der Waals surface area contributed by atoms with Crippen LogP contribution in [-0.2, 0) is 6.54 Å². The van der Waals surface area contributed by atoms with Crippen LogP contribution >= 0.6 is 0 Å². The SMILES string of the molecule is CN(C)C1CCN(Cc2ccc(F)cc2C#CCN)C1. The molecule has 0 aliphatic carbocycles. The molecule has 1 aromatic rings. The third kappa shape index (κ3) is 3.80. The van der Waals surface area contributed by atoms with E-state index in [4.69, 9.17) is 5.73 Å². The Bertz CT molecular complexity index is 516. The molecule has 0 radical (unpaired) electrons. The Kier molecular flexibility index (Phi) is 5.13. The third-order valence-corrected chi connectivity index (χ3v) is 3.77. The van der Waals surface area contributed by atoms with Gasteiger partial charge in [0.25, 0.3) is 0 Å². The molecule has 1 aromatic carbocycles. The van der Waals surface area contributed by atoms with Gasteiger partial charge in [-0.05, 0) is 38.2 Å². The average Bonchev–Trinajstić information content (AvgIpc) is 2.88. The monoisotopic (exact) mass is 275 g/mol. The molecule has 0 aromatic heterocycles. The van der Waals surface area contributed by atoms with Crippen molar-refractivity contribution in [1.29, 1.82) is 0 Å². The molecule has 1 aliphatic rings. The highest BCUT2D eigenvalue weighted by atomic mass is 19.1. The maximum absolute atomic E-state index is 13.3. The van der Waals surface area contributed by atoms with E-state index in [1.807, 2.05) is 6.07 Å². The van der Waals surface area contributed by atoms with Gasteiger partial charge in [-0.3, -0.25) is 4.90 Å². The number of likely N-dealkylation sites (N-methyl/N-ethyl adjacent to an activating group) is 1. The molecule has 2 N–H and O–H groups in total. The van der Waals surface area contributed by atoms with E-state index in [9.17, 15) is 4.39 Å². The van der Waals surface area contributed by atoms with Gasteiger partial charge in [-0.1, -0.05) is 17.9 Å². The quantitative estimate of drug-likeness (QED) is 0.843. The molecule has 0 bridgehead atoms. The van der Waals surface area contributed by atoms with Crippen LogP contribution in [0.4, 0.5) is 4.39 Å². The second kappa shape index (κ2) is 6.85. The van der Waals surface area contributed by atoms with E-state index in [0.29, 0.717) is 12.6 Å². The van der Waals surface area contributed by atoms with Crippen LogP contribution in [0, 0.1) is 17.7 Å². The molecule has 0 spiro atoms. The van der Waals surface area contributed by atoms with Crippen LogP contribution in [-0.4, -0.2) is 49.6 Å². The first-order chi connectivity index (χ1) is 9.60. The predicted molar refractivity (Wildman–Crippen MR) is 79.7 cm³/mol. The Morgan fingerprint density at radius 2 is 2.25 bits per heavy atom. The smallest absolute Gasteiger partial charge is 0.124 e. The Labute approximate surface area is 120 Å². The number of halogens is 1. The highest BCUT2D eigenvalue weighted by Crippen LogP contribution is 2.19. The molecule has 2 rings (SSSR count). The lowest BCUT2D eigenvalue weighted by Gasteiger charge is -2.20. The van der Waals surface area contributed by atoms with E-state index in [0.717, 1.165) is 30.8 Å². The van der Waals surface area contributed by atoms with E-state index >= 15 is 0 Å². The molecule has 1 heterocycles. The zero-order valence-electron chi connectivity index (χ0n) is 12.2. The maximum atomic E-state index is 13.3. The standard InChI is InChI=1S/C16H22FN3/c1-19(2)16-7-9-20(12-16)11-14-5-6-15(17)10-13(14)4-3-8-18/h5-6,10,16H,7-9,11-12,18H2,1-2H3. The zero-order chi connectivity index (χ0) is 14.5. The van der Waals surface area contributed by atoms with E-state index < -0.39 is 0 Å². The van der Waals surface area contributed by atoms with Crippen LogP contribution in [0.1, 0.15) is 17.5 Å². The molecular formula is C16H22FN3. The topological polar surface area (TPSA) is 32.5 Å². The predicted octanol–water partition coefficient (Wildman–Crippen LogP) is 1.27. The minimum absolute atomic E-state index is 0.248. The van der Waals surface area contributed by atoms with E-state index in [-0.39, 0.29) is 5.82 Å². The van der Waals surface area contributed by atoms with Gasteiger partial charge in [-0.15, -0.1) is 0 Å². The molecular weight excluding hydrogens is 253 g/mol. The molecule has 20 heavy (non-hydrogen) atoms. The van der Waals surface area contributed by atoms with Crippen molar-refractivity contribution in [3.63, 3.8) is 0 Å². The van der Waals surface area contributed by atoms with Crippen molar-refractivity contribution >= 4 is 0 Å². The van der Waals surface area contributed by atoms with Gasteiger partial charge in [0, 0.05) is 31.2 Å². The fourth-order valence-electron chi connectivity index (χ4n) is 2.57. The number of hydrogen-bond donors (Lipinski definition) is 1. The first-order valence-electron chi connectivity index (χ1n) is 6.96. The molecule has 1 aliphatic heterocycles. The van der Waals surface area contributed by atoms with Crippen LogP contribution in [0.25, 0.3) is 0 Å². The van der Waals surface area contributed by atoms with Crippen molar-refractivity contribution in [2.45, 2.75) is 19.0 Å². The molecule has 1 unspecified atom stereocenters. The van der Waals surface area contributed by atoms with Gasteiger partial charge >= 0.3 is 0 Å². The van der Waals surface area contributed by atoms with Crippen molar-refractivity contribution in [3.05, 3.63) is 35.1 Å². The van der Waals surface area contributed by atoms with Gasteiger partial charge in [-0.2, -0.15) is 0 Å². The molecule has 0 amide bonds. The van der Waals surface area contributed by atoms with Crippen molar-refractivity contribution in [1.82, 2.24) is 9.80 Å². The minimum atomic E-state index is -0.248. The zero-order valence-corrected chi connectivity index (χ0v) is 12.2. The summed E-state index contributed by atoms with van der Waals surface area (Å²) < 4.78 is 13.3. The number of benzene rings is 1. The van der Waals surface area contributed by atoms with Gasteiger partial charge in [-0.25, -0.2) is 4.39 Å². The van der Waals surface area contributed by atoms with Crippen LogP contribution < -0.4 is 5.73 Å². The van der Waals surface area contributed by atoms with Crippen molar-refractivity contribution in [2.75, 3.05) is 33.7 Å². The highest BCUT2D eigenvalue weighted by molar-refractivity contribution is 5.42. The van der Waals surface area contributed by atoms with Crippen molar-refractivity contribution in [2.24, 2.45) is 5.73 Å². The maximum Gasteiger partial charge on any atom is 0.124 e. The number of nitrogens with two attached hydrogens (primary N) is 1. The first kappa shape index (κ1) is 15.0. The van der Waals surface area contributed by atoms with Crippen LogP contribution in [0.3, 0.4) is 0 Å². The molecule has 3 nitrogen and oxygen atoms in total. The van der Waals surface area contributed by atoms with Gasteiger partial charge in [0.2, 0.25) is 0 Å². The summed E-state index contributed by atoms with van der Waals surface area (Å²) in [7, 11) is 4.23. The first-order valence-corrected chi connectivity index (χ1v) is 6.96. The molecule has 108 valence electrons. The Morgan fingerprint density at radius 3 is 2.90 bits per heavy atom. The molecule has 0 saturated carbocycles. The Balaban J connectivity index is 2.10. The second-order valence-corrected chi connectivity index (χ2v) is 5.45. The van der Waals surface area contributed by atoms with E-state index in [1.165, 1.54) is 18.6 Å². The Morgan fingerprint density at radius 1 is 1.45 bits per heavy atom. The lowest BCUT2D eigenvalue weighted by atomic mass is 10.1. The molecule has 4 heteroatoms. The summed E-state index contributed by atoms with van der Waals surface area (Å²) >= 11 is 0. The van der Waals surface area contributed by atoms with Crippen molar-refractivity contribution < 1.29 is 4.39 Å². The summed E-state index contributed by atoms with van der Waals surface area (Å²) in [6, 6.07) is 5.44. The third-order valence-electron chi connectivity index (χ3n) is 3.77. The van der Waals surface area contributed by atoms with Crippen molar-refractivity contribution in [3.8, 4) is 11.8 Å². The van der Waals surface area contributed by atoms with Crippen LogP contribution in [0.5, 0.6) is 0 Å². The van der Waals surface area contributed by atoms with Crippen LogP contribution in [0.15, 0.2) is 18.2 Å². The average molecular weight is 275 g/mol. The summed E-state index contributed by atoms with van der Waals surface area (Å²) in [6.07, 6.45) is 1.18. The number of likely N-dealkylation sites (tertiary alicyclic amines) is 1. The summed E-state index contributed by atoms with van der Waals surface area (Å²) in [5.74, 6) is 5.53. The summed E-state index contributed by atoms with van der Waals surface area (Å²) in [6.45, 7) is 3.24. The lowest BCUT2D eigenvalue weighted by Crippen LogP contribution is -2.31. The highest BCUT2D eigenvalue weighted by Gasteiger charge is 2.24. The normalized spacial score (nSPS) is 19.1. The summed E-state index contributed by atoms with van der Waals surface area (Å²) in [5, 5.41) is 0. The van der Waals surface area contributed by atoms with E-state index in [1.54, 1.807) is 0 Å². The number of hydrogen-bond acceptors (Lipinski definition) is 3. The van der Waals surface area contributed by atoms with Gasteiger partial charge in [0.15, 0.2) is 0 Å². The largest absolute Gasteiger partial charge is 0.320 e. The lowest BCUT2D eigenvalue weighted by molar-refractivity contribution is 0.264. The van der Waals surface area contributed by atoms with Crippen LogP contribution in [0.2, 0.25) is 0 Å². The fraction of sp³-hybridized carbons (Fsp3) is 0.500. The van der Waals surface area contributed by atoms with E-state index in [2.05, 4.69) is 35.7 Å². The summed E-state index contributed by atoms with van der Waals surface area (Å²) in [5.41, 5.74) is 7.23. The molecule has 1 fully saturated rings. The Hall–Kier alpha value is -1.41. The molecule has 1 atom stereocenters. The summed E-state index contributed by atoms with van der Waals surface area (Å²) in [4.78, 5) is 4.66.